The van der Waals surface area contributed by atoms with Crippen LogP contribution in [-0.2, 0) is 11.3 Å². The molecule has 5 heteroatoms. The zero-order chi connectivity index (χ0) is 12.3. The van der Waals surface area contributed by atoms with Crippen LogP contribution in [0.1, 0.15) is 30.5 Å². The molecule has 0 aliphatic carbocycles. The first-order valence-corrected chi connectivity index (χ1v) is 7.02. The molecule has 0 saturated carbocycles. The van der Waals surface area contributed by atoms with E-state index in [2.05, 4.69) is 17.2 Å². The van der Waals surface area contributed by atoms with Crippen LogP contribution in [0.15, 0.2) is 5.38 Å². The maximum absolute atomic E-state index is 12.1. The molecule has 1 aromatic rings. The van der Waals surface area contributed by atoms with Crippen molar-refractivity contribution in [2.24, 2.45) is 0 Å². The molecule has 94 valence electrons. The number of hydrogen-bond donors (Lipinski definition) is 1. The topological polar surface area (TPSA) is 45.2 Å². The monoisotopic (exact) mass is 253 g/mol. The molecule has 0 radical (unpaired) electrons. The first kappa shape index (κ1) is 12.5. The van der Waals surface area contributed by atoms with Crippen molar-refractivity contribution in [3.8, 4) is 0 Å². The van der Waals surface area contributed by atoms with Gasteiger partial charge in [-0.2, -0.15) is 0 Å². The molecule has 1 saturated heterocycles. The van der Waals surface area contributed by atoms with Gasteiger partial charge in [0.15, 0.2) is 0 Å². The molecule has 17 heavy (non-hydrogen) atoms. The SMILES string of the molecule is CCCNC1CCN(Cc2nc(C)cs2)C1=O. The summed E-state index contributed by atoms with van der Waals surface area (Å²) >= 11 is 1.63. The fourth-order valence-corrected chi connectivity index (χ4v) is 2.83. The number of rotatable bonds is 5. The van der Waals surface area contributed by atoms with Crippen molar-refractivity contribution in [2.45, 2.75) is 39.3 Å². The highest BCUT2D eigenvalue weighted by Gasteiger charge is 2.31. The fraction of sp³-hybridized carbons (Fsp3) is 0.667. The van der Waals surface area contributed by atoms with E-state index in [4.69, 9.17) is 0 Å². The summed E-state index contributed by atoms with van der Waals surface area (Å²) in [6.45, 7) is 6.53. The third-order valence-corrected chi connectivity index (χ3v) is 3.88. The third kappa shape index (κ3) is 3.04. The van der Waals surface area contributed by atoms with E-state index in [1.807, 2.05) is 17.2 Å². The number of amides is 1. The number of hydrogen-bond acceptors (Lipinski definition) is 4. The van der Waals surface area contributed by atoms with Gasteiger partial charge in [0, 0.05) is 17.6 Å². The minimum Gasteiger partial charge on any atom is -0.335 e. The Hall–Kier alpha value is -0.940. The summed E-state index contributed by atoms with van der Waals surface area (Å²) in [6, 6.07) is 0.0241. The number of aromatic nitrogens is 1. The van der Waals surface area contributed by atoms with Crippen LogP contribution in [0.4, 0.5) is 0 Å². The summed E-state index contributed by atoms with van der Waals surface area (Å²) in [7, 11) is 0. The Balaban J connectivity index is 1.89. The van der Waals surface area contributed by atoms with Crippen LogP contribution < -0.4 is 5.32 Å². The first-order valence-electron chi connectivity index (χ1n) is 6.14. The summed E-state index contributed by atoms with van der Waals surface area (Å²) in [5.74, 6) is 0.228. The normalized spacial score (nSPS) is 20.2. The minimum atomic E-state index is 0.0241. The van der Waals surface area contributed by atoms with Crippen LogP contribution in [0.25, 0.3) is 0 Å². The molecular weight excluding hydrogens is 234 g/mol. The second-order valence-corrected chi connectivity index (χ2v) is 5.38. The Kier molecular flexibility index (Phi) is 4.12. The molecular formula is C12H19N3OS. The Labute approximate surface area is 106 Å². The highest BCUT2D eigenvalue weighted by atomic mass is 32.1. The summed E-state index contributed by atoms with van der Waals surface area (Å²) in [5.41, 5.74) is 1.04. The molecule has 1 amide bonds. The van der Waals surface area contributed by atoms with Crippen molar-refractivity contribution >= 4 is 17.2 Å². The lowest BCUT2D eigenvalue weighted by Gasteiger charge is -2.15. The zero-order valence-electron chi connectivity index (χ0n) is 10.4. The van der Waals surface area contributed by atoms with Crippen molar-refractivity contribution < 1.29 is 4.79 Å². The van der Waals surface area contributed by atoms with Gasteiger partial charge in [-0.3, -0.25) is 4.79 Å². The van der Waals surface area contributed by atoms with Gasteiger partial charge in [-0.25, -0.2) is 4.98 Å². The largest absolute Gasteiger partial charge is 0.335 e. The maximum atomic E-state index is 12.1. The van der Waals surface area contributed by atoms with E-state index in [0.717, 1.165) is 36.6 Å². The lowest BCUT2D eigenvalue weighted by Crippen LogP contribution is -2.38. The summed E-state index contributed by atoms with van der Waals surface area (Å²) < 4.78 is 0. The average molecular weight is 253 g/mol. The van der Waals surface area contributed by atoms with Gasteiger partial charge >= 0.3 is 0 Å². The lowest BCUT2D eigenvalue weighted by atomic mass is 10.2. The van der Waals surface area contributed by atoms with E-state index in [1.165, 1.54) is 0 Å². The maximum Gasteiger partial charge on any atom is 0.240 e. The standard InChI is InChI=1S/C12H19N3OS/c1-3-5-13-10-4-6-15(12(10)16)7-11-14-9(2)8-17-11/h8,10,13H,3-7H2,1-2H3. The van der Waals surface area contributed by atoms with E-state index in [9.17, 15) is 4.79 Å². The van der Waals surface area contributed by atoms with Gasteiger partial charge in [-0.1, -0.05) is 6.92 Å². The highest BCUT2D eigenvalue weighted by molar-refractivity contribution is 7.09. The number of carbonyl (C=O) groups is 1. The molecule has 1 aliphatic rings. The average Bonchev–Trinajstić information content (AvgIpc) is 2.86. The fourth-order valence-electron chi connectivity index (χ4n) is 2.04. The molecule has 0 aromatic carbocycles. The molecule has 1 aliphatic heterocycles. The lowest BCUT2D eigenvalue weighted by molar-refractivity contribution is -0.129. The van der Waals surface area contributed by atoms with Crippen molar-refractivity contribution in [3.63, 3.8) is 0 Å². The molecule has 1 fully saturated rings. The van der Waals surface area contributed by atoms with Gasteiger partial charge in [0.25, 0.3) is 0 Å². The Bertz CT molecular complexity index is 391. The molecule has 1 unspecified atom stereocenters. The predicted molar refractivity (Wildman–Crippen MR) is 69.0 cm³/mol. The van der Waals surface area contributed by atoms with Crippen LogP contribution in [0, 0.1) is 6.92 Å². The summed E-state index contributed by atoms with van der Waals surface area (Å²) in [4.78, 5) is 18.4. The molecule has 4 nitrogen and oxygen atoms in total. The Morgan fingerprint density at radius 2 is 2.47 bits per heavy atom. The summed E-state index contributed by atoms with van der Waals surface area (Å²) in [6.07, 6.45) is 1.98. The van der Waals surface area contributed by atoms with Gasteiger partial charge < -0.3 is 10.2 Å². The molecule has 0 bridgehead atoms. The van der Waals surface area contributed by atoms with Crippen LogP contribution in [-0.4, -0.2) is 34.9 Å². The van der Waals surface area contributed by atoms with E-state index in [1.54, 1.807) is 11.3 Å². The molecule has 0 spiro atoms. The number of thiazole rings is 1. The van der Waals surface area contributed by atoms with Gasteiger partial charge in [0.05, 0.1) is 12.6 Å². The smallest absolute Gasteiger partial charge is 0.240 e. The van der Waals surface area contributed by atoms with Crippen molar-refractivity contribution in [1.29, 1.82) is 0 Å². The van der Waals surface area contributed by atoms with E-state index >= 15 is 0 Å². The van der Waals surface area contributed by atoms with Crippen molar-refractivity contribution in [2.75, 3.05) is 13.1 Å². The van der Waals surface area contributed by atoms with Crippen LogP contribution in [0.5, 0.6) is 0 Å². The van der Waals surface area contributed by atoms with Crippen molar-refractivity contribution in [3.05, 3.63) is 16.1 Å². The van der Waals surface area contributed by atoms with Crippen LogP contribution in [0.3, 0.4) is 0 Å². The van der Waals surface area contributed by atoms with Gasteiger partial charge in [0.1, 0.15) is 5.01 Å². The Morgan fingerprint density at radius 3 is 3.12 bits per heavy atom. The highest BCUT2D eigenvalue weighted by Crippen LogP contribution is 2.17. The van der Waals surface area contributed by atoms with E-state index in [0.29, 0.717) is 6.54 Å². The molecule has 1 aromatic heterocycles. The number of aryl methyl sites for hydroxylation is 1. The van der Waals surface area contributed by atoms with Crippen LogP contribution >= 0.6 is 11.3 Å². The second kappa shape index (κ2) is 5.60. The third-order valence-electron chi connectivity index (χ3n) is 2.93. The zero-order valence-corrected chi connectivity index (χ0v) is 11.2. The van der Waals surface area contributed by atoms with E-state index < -0.39 is 0 Å². The number of likely N-dealkylation sites (tertiary alicyclic amines) is 1. The van der Waals surface area contributed by atoms with Crippen LogP contribution in [0.2, 0.25) is 0 Å². The second-order valence-electron chi connectivity index (χ2n) is 4.44. The number of nitrogens with one attached hydrogen (secondary N) is 1. The van der Waals surface area contributed by atoms with Gasteiger partial charge in [-0.05, 0) is 26.3 Å². The summed E-state index contributed by atoms with van der Waals surface area (Å²) in [5, 5.41) is 6.36. The van der Waals surface area contributed by atoms with Gasteiger partial charge in [0.2, 0.25) is 5.91 Å². The molecule has 1 atom stereocenters. The van der Waals surface area contributed by atoms with E-state index in [-0.39, 0.29) is 11.9 Å². The number of nitrogens with zero attached hydrogens (tertiary/aromatic N) is 2. The predicted octanol–water partition coefficient (Wildman–Crippen LogP) is 1.55. The molecule has 2 rings (SSSR count). The first-order chi connectivity index (χ1) is 8.20. The Morgan fingerprint density at radius 1 is 1.65 bits per heavy atom. The molecule has 2 heterocycles. The number of carbonyl (C=O) groups excluding carboxylic acids is 1. The molecule has 1 N–H and O–H groups in total. The quantitative estimate of drug-likeness (QED) is 0.866. The van der Waals surface area contributed by atoms with Gasteiger partial charge in [-0.15, -0.1) is 11.3 Å². The van der Waals surface area contributed by atoms with Crippen molar-refractivity contribution in [1.82, 2.24) is 15.2 Å². The minimum absolute atomic E-state index is 0.0241.